The molecule has 3 N–H and O–H groups in total. The highest BCUT2D eigenvalue weighted by Crippen LogP contribution is 2.08. The van der Waals surface area contributed by atoms with E-state index in [1.54, 1.807) is 18.2 Å². The Kier molecular flexibility index (Phi) is 6.19. The monoisotopic (exact) mass is 294 g/mol. The van der Waals surface area contributed by atoms with Crippen molar-refractivity contribution in [1.82, 2.24) is 5.32 Å². The molecule has 0 radical (unpaired) electrons. The van der Waals surface area contributed by atoms with Crippen molar-refractivity contribution in [3.05, 3.63) is 29.8 Å². The van der Waals surface area contributed by atoms with Crippen LogP contribution in [0, 0.1) is 0 Å². The van der Waals surface area contributed by atoms with E-state index in [9.17, 15) is 14.4 Å². The van der Waals surface area contributed by atoms with E-state index in [2.05, 4.69) is 14.8 Å². The number of benzene rings is 1. The van der Waals surface area contributed by atoms with Crippen LogP contribution in [0.3, 0.4) is 0 Å². The van der Waals surface area contributed by atoms with Crippen molar-refractivity contribution in [2.45, 2.75) is 18.9 Å². The molecule has 0 aliphatic rings. The van der Waals surface area contributed by atoms with E-state index >= 15 is 0 Å². The van der Waals surface area contributed by atoms with Gasteiger partial charge < -0.3 is 20.5 Å². The second kappa shape index (κ2) is 7.88. The summed E-state index contributed by atoms with van der Waals surface area (Å²) in [5, 5.41) is 2.51. The Morgan fingerprint density at radius 3 is 2.52 bits per heavy atom. The normalized spacial score (nSPS) is 11.3. The Labute approximate surface area is 122 Å². The van der Waals surface area contributed by atoms with Crippen LogP contribution in [-0.2, 0) is 19.1 Å². The minimum atomic E-state index is -0.928. The Hall–Kier alpha value is -2.57. The van der Waals surface area contributed by atoms with Crippen molar-refractivity contribution in [3.8, 4) is 0 Å². The molecule has 0 fully saturated rings. The fraction of sp³-hybridized carbons (Fsp3) is 0.357. The number of ether oxygens (including phenoxy) is 2. The summed E-state index contributed by atoms with van der Waals surface area (Å²) >= 11 is 0. The molecule has 0 saturated heterocycles. The number of nitrogens with two attached hydrogens (primary N) is 1. The van der Waals surface area contributed by atoms with E-state index in [1.807, 2.05) is 0 Å². The van der Waals surface area contributed by atoms with Gasteiger partial charge in [0.15, 0.2) is 0 Å². The van der Waals surface area contributed by atoms with Gasteiger partial charge in [0.1, 0.15) is 6.04 Å². The lowest BCUT2D eigenvalue weighted by Crippen LogP contribution is -2.41. The highest BCUT2D eigenvalue weighted by Gasteiger charge is 2.23. The summed E-state index contributed by atoms with van der Waals surface area (Å²) in [4.78, 5) is 34.8. The van der Waals surface area contributed by atoms with Gasteiger partial charge in [-0.2, -0.15) is 0 Å². The van der Waals surface area contributed by atoms with Gasteiger partial charge in [-0.05, 0) is 24.6 Å². The zero-order valence-corrected chi connectivity index (χ0v) is 11.9. The van der Waals surface area contributed by atoms with E-state index in [0.29, 0.717) is 11.3 Å². The molecule has 21 heavy (non-hydrogen) atoms. The molecule has 0 unspecified atom stereocenters. The molecule has 1 amide bonds. The van der Waals surface area contributed by atoms with Crippen LogP contribution in [0.4, 0.5) is 5.69 Å². The summed E-state index contributed by atoms with van der Waals surface area (Å²) < 4.78 is 9.11. The zero-order chi connectivity index (χ0) is 15.8. The second-order valence-electron chi connectivity index (χ2n) is 4.29. The molecule has 1 atom stereocenters. The summed E-state index contributed by atoms with van der Waals surface area (Å²) in [6.07, 6.45) is 0.0842. The average molecular weight is 294 g/mol. The predicted molar refractivity (Wildman–Crippen MR) is 75.4 cm³/mol. The smallest absolute Gasteiger partial charge is 0.328 e. The van der Waals surface area contributed by atoms with Crippen LogP contribution in [0.5, 0.6) is 0 Å². The van der Waals surface area contributed by atoms with Gasteiger partial charge in [-0.25, -0.2) is 4.79 Å². The summed E-state index contributed by atoms with van der Waals surface area (Å²) in [5.74, 6) is -1.57. The maximum absolute atomic E-state index is 12.1. The lowest BCUT2D eigenvalue weighted by Gasteiger charge is -2.16. The first kappa shape index (κ1) is 16.5. The molecule has 7 nitrogen and oxygen atoms in total. The minimum absolute atomic E-state index is 0.00647. The van der Waals surface area contributed by atoms with Gasteiger partial charge in [0, 0.05) is 17.7 Å². The first-order valence-corrected chi connectivity index (χ1v) is 6.29. The number of hydrogen-bond donors (Lipinski definition) is 2. The zero-order valence-electron chi connectivity index (χ0n) is 11.9. The average Bonchev–Trinajstić information content (AvgIpc) is 2.49. The molecule has 0 heterocycles. The van der Waals surface area contributed by atoms with Gasteiger partial charge in [0.05, 0.1) is 14.2 Å². The predicted octanol–water partition coefficient (Wildman–Crippen LogP) is 0.493. The molecule has 0 bridgehead atoms. The molecule has 0 aromatic heterocycles. The molecule has 114 valence electrons. The first-order chi connectivity index (χ1) is 9.97. The molecule has 1 aromatic rings. The molecule has 1 aromatic carbocycles. The Balaban J connectivity index is 2.73. The number of hydrogen-bond acceptors (Lipinski definition) is 6. The lowest BCUT2D eigenvalue weighted by molar-refractivity contribution is -0.144. The number of nitrogen functional groups attached to an aromatic ring is 1. The number of amides is 1. The van der Waals surface area contributed by atoms with Crippen molar-refractivity contribution >= 4 is 23.5 Å². The van der Waals surface area contributed by atoms with E-state index in [4.69, 9.17) is 5.73 Å². The van der Waals surface area contributed by atoms with Crippen molar-refractivity contribution < 1.29 is 23.9 Å². The standard InChI is InChI=1S/C14H18N2O5/c1-20-12(17)7-6-11(14(19)21-2)16-13(18)9-4-3-5-10(15)8-9/h3-5,8,11H,6-7,15H2,1-2H3,(H,16,18)/t11-/m0/s1. The van der Waals surface area contributed by atoms with Crippen molar-refractivity contribution in [3.63, 3.8) is 0 Å². The Bertz CT molecular complexity index is 530. The van der Waals surface area contributed by atoms with E-state index in [1.165, 1.54) is 20.3 Å². The van der Waals surface area contributed by atoms with Crippen LogP contribution in [0.2, 0.25) is 0 Å². The van der Waals surface area contributed by atoms with Gasteiger partial charge >= 0.3 is 11.9 Å². The van der Waals surface area contributed by atoms with Crippen LogP contribution in [-0.4, -0.2) is 38.1 Å². The highest BCUT2D eigenvalue weighted by atomic mass is 16.5. The summed E-state index contributed by atoms with van der Waals surface area (Å²) in [5.41, 5.74) is 6.35. The molecule has 0 saturated carbocycles. The molecule has 0 spiro atoms. The Morgan fingerprint density at radius 2 is 1.95 bits per heavy atom. The third kappa shape index (κ3) is 5.13. The maximum Gasteiger partial charge on any atom is 0.328 e. The number of rotatable bonds is 6. The lowest BCUT2D eigenvalue weighted by atomic mass is 10.1. The molecule has 0 aliphatic heterocycles. The third-order valence-electron chi connectivity index (χ3n) is 2.80. The molecule has 7 heteroatoms. The minimum Gasteiger partial charge on any atom is -0.469 e. The number of methoxy groups -OCH3 is 2. The largest absolute Gasteiger partial charge is 0.469 e. The van der Waals surface area contributed by atoms with Crippen LogP contribution in [0.15, 0.2) is 24.3 Å². The molecular formula is C14H18N2O5. The van der Waals surface area contributed by atoms with Crippen LogP contribution in [0.25, 0.3) is 0 Å². The number of carbonyl (C=O) groups excluding carboxylic acids is 3. The maximum atomic E-state index is 12.1. The van der Waals surface area contributed by atoms with Gasteiger partial charge in [0.25, 0.3) is 5.91 Å². The van der Waals surface area contributed by atoms with Crippen LogP contribution in [0.1, 0.15) is 23.2 Å². The molecule has 1 rings (SSSR count). The van der Waals surface area contributed by atoms with Gasteiger partial charge in [-0.3, -0.25) is 9.59 Å². The van der Waals surface area contributed by atoms with Crippen molar-refractivity contribution in [2.24, 2.45) is 0 Å². The highest BCUT2D eigenvalue weighted by molar-refractivity contribution is 5.97. The fourth-order valence-corrected chi connectivity index (χ4v) is 1.68. The number of carbonyl (C=O) groups is 3. The van der Waals surface area contributed by atoms with E-state index < -0.39 is 23.9 Å². The van der Waals surface area contributed by atoms with Crippen LogP contribution >= 0.6 is 0 Å². The molecular weight excluding hydrogens is 276 g/mol. The second-order valence-corrected chi connectivity index (χ2v) is 4.29. The third-order valence-corrected chi connectivity index (χ3v) is 2.80. The number of anilines is 1. The summed E-state index contributed by atoms with van der Waals surface area (Å²) in [7, 11) is 2.46. The quantitative estimate of drug-likeness (QED) is 0.584. The summed E-state index contributed by atoms with van der Waals surface area (Å²) in [6, 6.07) is 5.41. The SMILES string of the molecule is COC(=O)CC[C@H](NC(=O)c1cccc(N)c1)C(=O)OC. The Morgan fingerprint density at radius 1 is 1.24 bits per heavy atom. The number of nitrogens with one attached hydrogen (secondary N) is 1. The summed E-state index contributed by atoms with van der Waals surface area (Å²) in [6.45, 7) is 0. The van der Waals surface area contributed by atoms with Gasteiger partial charge in [0.2, 0.25) is 0 Å². The van der Waals surface area contributed by atoms with Gasteiger partial charge in [-0.15, -0.1) is 0 Å². The topological polar surface area (TPSA) is 108 Å². The van der Waals surface area contributed by atoms with Crippen molar-refractivity contribution in [1.29, 1.82) is 0 Å². The fourth-order valence-electron chi connectivity index (χ4n) is 1.68. The van der Waals surface area contributed by atoms with Crippen LogP contribution < -0.4 is 11.1 Å². The van der Waals surface area contributed by atoms with E-state index in [-0.39, 0.29) is 12.8 Å². The van der Waals surface area contributed by atoms with E-state index in [0.717, 1.165) is 0 Å². The van der Waals surface area contributed by atoms with Crippen molar-refractivity contribution in [2.75, 3.05) is 20.0 Å². The first-order valence-electron chi connectivity index (χ1n) is 6.29. The molecule has 0 aliphatic carbocycles. The van der Waals surface area contributed by atoms with Gasteiger partial charge in [-0.1, -0.05) is 6.07 Å². The number of esters is 2.